The summed E-state index contributed by atoms with van der Waals surface area (Å²) in [5, 5.41) is 3.05. The number of unbranched alkanes of at least 4 members (excludes halogenated alkanes) is 1. The van der Waals surface area contributed by atoms with Crippen molar-refractivity contribution >= 4 is 16.9 Å². The Morgan fingerprint density at radius 1 is 0.946 bits per heavy atom. The third-order valence-electron chi connectivity index (χ3n) is 6.95. The van der Waals surface area contributed by atoms with Crippen LogP contribution in [0, 0.1) is 0 Å². The zero-order valence-corrected chi connectivity index (χ0v) is 22.2. The molecule has 0 spiro atoms. The summed E-state index contributed by atoms with van der Waals surface area (Å²) < 4.78 is 8.33. The fourth-order valence-corrected chi connectivity index (χ4v) is 4.57. The lowest BCUT2D eigenvalue weighted by atomic mass is 9.99. The molecule has 0 bridgehead atoms. The van der Waals surface area contributed by atoms with Gasteiger partial charge in [0.25, 0.3) is 0 Å². The molecular weight excluding hydrogens is 458 g/mol. The number of amides is 1. The predicted octanol–water partition coefficient (Wildman–Crippen LogP) is 6.70. The first-order chi connectivity index (χ1) is 18.1. The predicted molar refractivity (Wildman–Crippen MR) is 151 cm³/mol. The summed E-state index contributed by atoms with van der Waals surface area (Å²) in [5.74, 6) is 2.67. The number of fused-ring (bicyclic) bond motifs is 1. The lowest BCUT2D eigenvalue weighted by Gasteiger charge is -2.12. The molecule has 5 nitrogen and oxygen atoms in total. The highest BCUT2D eigenvalue weighted by molar-refractivity contribution is 5.78. The SMILES string of the molecule is CCC(C)c1ccc(OCCCCn2c(CCCNC(=O)Cc3ccccc3)nc3ccccc32)cc1. The van der Waals surface area contributed by atoms with Gasteiger partial charge in [-0.15, -0.1) is 0 Å². The van der Waals surface area contributed by atoms with E-state index in [4.69, 9.17) is 9.72 Å². The van der Waals surface area contributed by atoms with Crippen molar-refractivity contribution < 1.29 is 9.53 Å². The van der Waals surface area contributed by atoms with Crippen molar-refractivity contribution in [3.8, 4) is 5.75 Å². The van der Waals surface area contributed by atoms with Crippen LogP contribution < -0.4 is 10.1 Å². The molecule has 0 saturated heterocycles. The smallest absolute Gasteiger partial charge is 0.224 e. The molecule has 4 rings (SSSR count). The number of ether oxygens (including phenoxy) is 1. The molecule has 1 N–H and O–H groups in total. The average molecular weight is 498 g/mol. The van der Waals surface area contributed by atoms with Gasteiger partial charge in [0.1, 0.15) is 11.6 Å². The van der Waals surface area contributed by atoms with Crippen LogP contribution in [0.25, 0.3) is 11.0 Å². The van der Waals surface area contributed by atoms with E-state index < -0.39 is 0 Å². The molecule has 37 heavy (non-hydrogen) atoms. The molecule has 4 aromatic rings. The van der Waals surface area contributed by atoms with Crippen molar-refractivity contribution in [1.82, 2.24) is 14.9 Å². The second-order valence-corrected chi connectivity index (χ2v) is 9.72. The maximum absolute atomic E-state index is 12.3. The summed E-state index contributed by atoms with van der Waals surface area (Å²) >= 11 is 0. The first kappa shape index (κ1) is 26.5. The molecule has 1 aromatic heterocycles. The number of nitrogens with one attached hydrogen (secondary N) is 1. The molecule has 0 fully saturated rings. The highest BCUT2D eigenvalue weighted by Crippen LogP contribution is 2.22. The number of hydrogen-bond donors (Lipinski definition) is 1. The standard InChI is InChI=1S/C32H39N3O2/c1-3-25(2)27-17-19-28(20-18-27)37-23-10-9-22-35-30-15-8-7-14-29(30)34-31(35)16-11-21-33-32(36)24-26-12-5-4-6-13-26/h4-8,12-15,17-20,25H,3,9-11,16,21-24H2,1-2H3,(H,33,36). The van der Waals surface area contributed by atoms with Gasteiger partial charge in [0.2, 0.25) is 5.91 Å². The number of benzene rings is 3. The molecular formula is C32H39N3O2. The fourth-order valence-electron chi connectivity index (χ4n) is 4.57. The molecule has 0 aliphatic rings. The van der Waals surface area contributed by atoms with Crippen LogP contribution in [0.15, 0.2) is 78.9 Å². The third-order valence-corrected chi connectivity index (χ3v) is 6.95. The summed E-state index contributed by atoms with van der Waals surface area (Å²) in [6.07, 6.45) is 5.26. The number of para-hydroxylation sites is 2. The Morgan fingerprint density at radius 2 is 1.70 bits per heavy atom. The number of hydrogen-bond acceptors (Lipinski definition) is 3. The molecule has 194 valence electrons. The van der Waals surface area contributed by atoms with E-state index in [0.717, 1.165) is 61.3 Å². The normalized spacial score (nSPS) is 11.9. The summed E-state index contributed by atoms with van der Waals surface area (Å²) in [4.78, 5) is 17.1. The van der Waals surface area contributed by atoms with E-state index in [9.17, 15) is 4.79 Å². The number of imidazole rings is 1. The van der Waals surface area contributed by atoms with Crippen LogP contribution in [0.4, 0.5) is 0 Å². The van der Waals surface area contributed by atoms with Crippen LogP contribution in [0.2, 0.25) is 0 Å². The Bertz CT molecular complexity index is 1250. The zero-order chi connectivity index (χ0) is 25.9. The van der Waals surface area contributed by atoms with Gasteiger partial charge in [-0.1, -0.05) is 68.4 Å². The summed E-state index contributed by atoms with van der Waals surface area (Å²) in [5.41, 5.74) is 4.61. The molecule has 1 amide bonds. The van der Waals surface area contributed by atoms with E-state index in [0.29, 0.717) is 25.5 Å². The molecule has 0 radical (unpaired) electrons. The van der Waals surface area contributed by atoms with Gasteiger partial charge >= 0.3 is 0 Å². The zero-order valence-electron chi connectivity index (χ0n) is 22.2. The van der Waals surface area contributed by atoms with E-state index in [2.05, 4.69) is 66.2 Å². The number of aryl methyl sites for hydroxylation is 2. The van der Waals surface area contributed by atoms with Crippen LogP contribution in [0.1, 0.15) is 62.4 Å². The Kier molecular flexibility index (Phi) is 9.75. The number of aromatic nitrogens is 2. The van der Waals surface area contributed by atoms with Crippen molar-refractivity contribution in [2.75, 3.05) is 13.2 Å². The lowest BCUT2D eigenvalue weighted by molar-refractivity contribution is -0.120. The van der Waals surface area contributed by atoms with Gasteiger partial charge in [-0.2, -0.15) is 0 Å². The molecule has 0 saturated carbocycles. The van der Waals surface area contributed by atoms with Gasteiger partial charge in [-0.25, -0.2) is 4.98 Å². The van der Waals surface area contributed by atoms with Gasteiger partial charge in [0.05, 0.1) is 24.1 Å². The Morgan fingerprint density at radius 3 is 2.49 bits per heavy atom. The quantitative estimate of drug-likeness (QED) is 0.197. The maximum Gasteiger partial charge on any atom is 0.224 e. The van der Waals surface area contributed by atoms with Crippen molar-refractivity contribution in [3.63, 3.8) is 0 Å². The first-order valence-electron chi connectivity index (χ1n) is 13.6. The summed E-state index contributed by atoms with van der Waals surface area (Å²) in [6, 6.07) is 26.7. The topological polar surface area (TPSA) is 56.1 Å². The largest absolute Gasteiger partial charge is 0.494 e. The van der Waals surface area contributed by atoms with E-state index >= 15 is 0 Å². The van der Waals surface area contributed by atoms with E-state index in [1.54, 1.807) is 0 Å². The second-order valence-electron chi connectivity index (χ2n) is 9.72. The van der Waals surface area contributed by atoms with E-state index in [1.807, 2.05) is 36.4 Å². The molecule has 0 aliphatic heterocycles. The van der Waals surface area contributed by atoms with Gasteiger partial charge in [-0.05, 0) is 67.0 Å². The van der Waals surface area contributed by atoms with Gasteiger partial charge in [-0.3, -0.25) is 4.79 Å². The second kappa shape index (κ2) is 13.6. The Hall–Kier alpha value is -3.60. The third kappa shape index (κ3) is 7.69. The molecule has 0 aliphatic carbocycles. The number of carbonyl (C=O) groups is 1. The average Bonchev–Trinajstić information content (AvgIpc) is 3.28. The molecule has 1 unspecified atom stereocenters. The van der Waals surface area contributed by atoms with Crippen molar-refractivity contribution in [1.29, 1.82) is 0 Å². The molecule has 5 heteroatoms. The summed E-state index contributed by atoms with van der Waals surface area (Å²) in [7, 11) is 0. The van der Waals surface area contributed by atoms with E-state index in [1.165, 1.54) is 11.1 Å². The number of nitrogens with zero attached hydrogens (tertiary/aromatic N) is 2. The first-order valence-corrected chi connectivity index (χ1v) is 13.6. The van der Waals surface area contributed by atoms with Crippen LogP contribution in [0.3, 0.4) is 0 Å². The Balaban J connectivity index is 1.24. The minimum atomic E-state index is 0.0641. The van der Waals surface area contributed by atoms with Crippen molar-refractivity contribution in [2.45, 2.75) is 64.8 Å². The summed E-state index contributed by atoms with van der Waals surface area (Å²) in [6.45, 7) is 6.74. The maximum atomic E-state index is 12.3. The van der Waals surface area contributed by atoms with Gasteiger partial charge in [0, 0.05) is 19.5 Å². The minimum absolute atomic E-state index is 0.0641. The molecule has 1 heterocycles. The minimum Gasteiger partial charge on any atom is -0.494 e. The van der Waals surface area contributed by atoms with E-state index in [-0.39, 0.29) is 5.91 Å². The highest BCUT2D eigenvalue weighted by atomic mass is 16.5. The molecule has 3 aromatic carbocycles. The van der Waals surface area contributed by atoms with Crippen LogP contribution in [-0.2, 0) is 24.2 Å². The lowest BCUT2D eigenvalue weighted by Crippen LogP contribution is -2.26. The van der Waals surface area contributed by atoms with Gasteiger partial charge in [0.15, 0.2) is 0 Å². The van der Waals surface area contributed by atoms with Crippen LogP contribution in [-0.4, -0.2) is 28.6 Å². The number of carbonyl (C=O) groups excluding carboxylic acids is 1. The monoisotopic (exact) mass is 497 g/mol. The molecule has 1 atom stereocenters. The van der Waals surface area contributed by atoms with Crippen molar-refractivity contribution in [2.24, 2.45) is 0 Å². The highest BCUT2D eigenvalue weighted by Gasteiger charge is 2.11. The fraction of sp³-hybridized carbons (Fsp3) is 0.375. The van der Waals surface area contributed by atoms with Crippen molar-refractivity contribution in [3.05, 3.63) is 95.8 Å². The number of rotatable bonds is 14. The van der Waals surface area contributed by atoms with Crippen LogP contribution >= 0.6 is 0 Å². The Labute approximate surface area is 220 Å². The van der Waals surface area contributed by atoms with Crippen LogP contribution in [0.5, 0.6) is 5.75 Å². The van der Waals surface area contributed by atoms with Gasteiger partial charge < -0.3 is 14.6 Å².